The zero-order valence-corrected chi connectivity index (χ0v) is 9.77. The number of hydrogen-bond donors (Lipinski definition) is 1. The molecule has 2 atom stereocenters. The molecule has 0 aromatic heterocycles. The monoisotopic (exact) mass is 233 g/mol. The predicted octanol–water partition coefficient (Wildman–Crippen LogP) is 1.72. The van der Waals surface area contributed by atoms with E-state index >= 15 is 0 Å². The summed E-state index contributed by atoms with van der Waals surface area (Å²) in [4.78, 5) is 11.8. The summed E-state index contributed by atoms with van der Waals surface area (Å²) in [6.45, 7) is 5.66. The fourth-order valence-corrected chi connectivity index (χ4v) is 2.39. The third-order valence-electron chi connectivity index (χ3n) is 3.26. The molecule has 1 aliphatic heterocycles. The van der Waals surface area contributed by atoms with Crippen molar-refractivity contribution in [1.29, 1.82) is 0 Å². The van der Waals surface area contributed by atoms with Crippen molar-refractivity contribution in [3.05, 3.63) is 0 Å². The molecule has 2 unspecified atom stereocenters. The fraction of sp³-hybridized carbons (Fsp3) is 0.909. The van der Waals surface area contributed by atoms with Crippen molar-refractivity contribution in [2.24, 2.45) is 5.41 Å². The van der Waals surface area contributed by atoms with Gasteiger partial charge in [0.05, 0.1) is 5.41 Å². The highest BCUT2D eigenvalue weighted by Crippen LogP contribution is 2.66. The first kappa shape index (κ1) is 11.8. The van der Waals surface area contributed by atoms with Crippen molar-refractivity contribution in [1.82, 2.24) is 5.32 Å². The van der Waals surface area contributed by atoms with Gasteiger partial charge in [0.1, 0.15) is 11.6 Å². The van der Waals surface area contributed by atoms with Gasteiger partial charge in [-0.15, -0.1) is 0 Å². The van der Waals surface area contributed by atoms with Crippen LogP contribution < -0.4 is 5.32 Å². The van der Waals surface area contributed by atoms with Crippen molar-refractivity contribution in [2.45, 2.75) is 51.2 Å². The Morgan fingerprint density at radius 2 is 2.00 bits per heavy atom. The van der Waals surface area contributed by atoms with Crippen LogP contribution in [0.3, 0.4) is 0 Å². The molecule has 1 aliphatic carbocycles. The van der Waals surface area contributed by atoms with Crippen molar-refractivity contribution >= 4 is 5.97 Å². The van der Waals surface area contributed by atoms with Crippen LogP contribution in [0.1, 0.15) is 33.6 Å². The van der Waals surface area contributed by atoms with Crippen LogP contribution in [0.5, 0.6) is 0 Å². The second kappa shape index (κ2) is 3.15. The van der Waals surface area contributed by atoms with Crippen LogP contribution in [0.25, 0.3) is 0 Å². The molecule has 2 rings (SSSR count). The number of rotatable bonds is 1. The Morgan fingerprint density at radius 3 is 2.44 bits per heavy atom. The van der Waals surface area contributed by atoms with Gasteiger partial charge < -0.3 is 10.1 Å². The van der Waals surface area contributed by atoms with Gasteiger partial charge in [-0.2, -0.15) is 0 Å². The van der Waals surface area contributed by atoms with Gasteiger partial charge >= 0.3 is 5.97 Å². The smallest absolute Gasteiger partial charge is 0.324 e. The quantitative estimate of drug-likeness (QED) is 0.701. The normalized spacial score (nSPS) is 36.4. The van der Waals surface area contributed by atoms with E-state index in [-0.39, 0.29) is 6.42 Å². The second-order valence-corrected chi connectivity index (χ2v) is 5.71. The Balaban J connectivity index is 2.08. The number of ether oxygens (including phenoxy) is 1. The topological polar surface area (TPSA) is 38.3 Å². The summed E-state index contributed by atoms with van der Waals surface area (Å²) < 4.78 is 31.7. The van der Waals surface area contributed by atoms with Crippen molar-refractivity contribution in [2.75, 3.05) is 6.54 Å². The molecule has 5 heteroatoms. The van der Waals surface area contributed by atoms with E-state index in [1.807, 2.05) is 0 Å². The minimum atomic E-state index is -2.71. The van der Waals surface area contributed by atoms with E-state index < -0.39 is 28.9 Å². The lowest BCUT2D eigenvalue weighted by Gasteiger charge is -2.24. The summed E-state index contributed by atoms with van der Waals surface area (Å²) in [6, 6.07) is -0.846. The Kier molecular flexibility index (Phi) is 2.32. The highest BCUT2D eigenvalue weighted by molar-refractivity contribution is 5.79. The van der Waals surface area contributed by atoms with Crippen LogP contribution in [0.15, 0.2) is 0 Å². The molecule has 16 heavy (non-hydrogen) atoms. The molecule has 92 valence electrons. The zero-order valence-electron chi connectivity index (χ0n) is 9.77. The summed E-state index contributed by atoms with van der Waals surface area (Å²) in [7, 11) is 0. The molecule has 0 amide bonds. The predicted molar refractivity (Wildman–Crippen MR) is 54.2 cm³/mol. The first-order valence-corrected chi connectivity index (χ1v) is 5.52. The van der Waals surface area contributed by atoms with Crippen molar-refractivity contribution < 1.29 is 18.3 Å². The van der Waals surface area contributed by atoms with Crippen LogP contribution in [0, 0.1) is 5.41 Å². The van der Waals surface area contributed by atoms with Crippen LogP contribution in [0.2, 0.25) is 0 Å². The molecule has 0 bridgehead atoms. The lowest BCUT2D eigenvalue weighted by atomic mass is 9.96. The van der Waals surface area contributed by atoms with E-state index in [1.54, 1.807) is 20.8 Å². The third-order valence-corrected chi connectivity index (χ3v) is 3.26. The van der Waals surface area contributed by atoms with Gasteiger partial charge in [-0.25, -0.2) is 8.78 Å². The van der Waals surface area contributed by atoms with E-state index in [0.717, 1.165) is 0 Å². The molecule has 2 aliphatic rings. The zero-order chi connectivity index (χ0) is 12.2. The molecular weight excluding hydrogens is 216 g/mol. The van der Waals surface area contributed by atoms with Crippen molar-refractivity contribution in [3.8, 4) is 0 Å². The third kappa shape index (κ3) is 1.71. The Morgan fingerprint density at radius 1 is 1.44 bits per heavy atom. The van der Waals surface area contributed by atoms with Gasteiger partial charge in [0.25, 0.3) is 5.92 Å². The van der Waals surface area contributed by atoms with Gasteiger partial charge in [-0.05, 0) is 33.7 Å². The molecule has 2 fully saturated rings. The maximum Gasteiger partial charge on any atom is 0.324 e. The average molecular weight is 233 g/mol. The lowest BCUT2D eigenvalue weighted by molar-refractivity contribution is -0.159. The van der Waals surface area contributed by atoms with Crippen molar-refractivity contribution in [3.63, 3.8) is 0 Å². The van der Waals surface area contributed by atoms with Crippen LogP contribution >= 0.6 is 0 Å². The fourth-order valence-electron chi connectivity index (χ4n) is 2.39. The maximum absolute atomic E-state index is 13.3. The van der Waals surface area contributed by atoms with Gasteiger partial charge in [0, 0.05) is 6.42 Å². The molecule has 0 aromatic rings. The number of carbonyl (C=O) groups excluding carboxylic acids is 1. The highest BCUT2D eigenvalue weighted by Gasteiger charge is 2.77. The van der Waals surface area contributed by atoms with Crippen LogP contribution in [-0.2, 0) is 9.53 Å². The number of halogens is 2. The Labute approximate surface area is 93.5 Å². The molecule has 1 saturated heterocycles. The molecule has 1 N–H and O–H groups in total. The number of nitrogens with one attached hydrogen (secondary N) is 1. The number of hydrogen-bond acceptors (Lipinski definition) is 3. The van der Waals surface area contributed by atoms with E-state index in [4.69, 9.17) is 4.74 Å². The van der Waals surface area contributed by atoms with Crippen LogP contribution in [0.4, 0.5) is 8.78 Å². The largest absolute Gasteiger partial charge is 0.459 e. The molecule has 1 saturated carbocycles. The molecule has 3 nitrogen and oxygen atoms in total. The molecule has 1 heterocycles. The lowest BCUT2D eigenvalue weighted by Crippen LogP contribution is -2.43. The summed E-state index contributed by atoms with van der Waals surface area (Å²) >= 11 is 0. The Hall–Kier alpha value is -0.710. The minimum absolute atomic E-state index is 0.198. The van der Waals surface area contributed by atoms with Gasteiger partial charge in [0.2, 0.25) is 0 Å². The van der Waals surface area contributed by atoms with E-state index in [0.29, 0.717) is 13.0 Å². The van der Waals surface area contributed by atoms with E-state index in [1.165, 1.54) is 0 Å². The number of carbonyl (C=O) groups is 1. The summed E-state index contributed by atoms with van der Waals surface area (Å²) in [6.07, 6.45) is 0.154. The minimum Gasteiger partial charge on any atom is -0.459 e. The first-order chi connectivity index (χ1) is 7.18. The average Bonchev–Trinajstić information content (AvgIpc) is 2.48. The highest BCUT2D eigenvalue weighted by atomic mass is 19.3. The molecular formula is C11H17F2NO2. The molecule has 0 radical (unpaired) electrons. The SMILES string of the molecule is CC(C)(C)OC(=O)C1NCCC12CC2(F)F. The maximum atomic E-state index is 13.3. The number of esters is 1. The van der Waals surface area contributed by atoms with E-state index in [2.05, 4.69) is 5.32 Å². The first-order valence-electron chi connectivity index (χ1n) is 5.52. The van der Waals surface area contributed by atoms with Crippen LogP contribution in [-0.4, -0.2) is 30.1 Å². The Bertz CT molecular complexity index is 320. The second-order valence-electron chi connectivity index (χ2n) is 5.71. The molecule has 1 spiro atoms. The summed E-state index contributed by atoms with van der Waals surface area (Å²) in [5.41, 5.74) is -1.80. The summed E-state index contributed by atoms with van der Waals surface area (Å²) in [5, 5.41) is 2.83. The standard InChI is InChI=1S/C11H17F2NO2/c1-9(2,3)16-8(15)7-10(4-5-14-7)6-11(10,12)13/h7,14H,4-6H2,1-3H3. The van der Waals surface area contributed by atoms with Gasteiger partial charge in [-0.3, -0.25) is 4.79 Å². The molecule has 0 aromatic carbocycles. The van der Waals surface area contributed by atoms with E-state index in [9.17, 15) is 13.6 Å². The summed E-state index contributed by atoms with van der Waals surface area (Å²) in [5.74, 6) is -3.26. The number of alkyl halides is 2. The van der Waals surface area contributed by atoms with Gasteiger partial charge in [0.15, 0.2) is 0 Å². The van der Waals surface area contributed by atoms with Gasteiger partial charge in [-0.1, -0.05) is 0 Å².